The molecule has 0 amide bonds. The quantitative estimate of drug-likeness (QED) is 0.645. The molecule has 1 aromatic carbocycles. The molecule has 0 bridgehead atoms. The molecule has 0 aromatic heterocycles. The first-order valence-corrected chi connectivity index (χ1v) is 8.41. The molecule has 1 saturated carbocycles. The molecule has 0 radical (unpaired) electrons. The number of aliphatic hydroxyl groups excluding tert-OH is 1. The molecule has 0 heterocycles. The fraction of sp³-hybridized carbons (Fsp3) is 0.667. The van der Waals surface area contributed by atoms with Gasteiger partial charge in [0.25, 0.3) is 0 Å². The van der Waals surface area contributed by atoms with E-state index in [4.69, 9.17) is 5.11 Å². The highest BCUT2D eigenvalue weighted by Gasteiger charge is 2.20. The van der Waals surface area contributed by atoms with Crippen molar-refractivity contribution in [2.45, 2.75) is 57.0 Å². The first-order valence-electron chi connectivity index (χ1n) is 8.41. The third-order valence-electron chi connectivity index (χ3n) is 4.68. The van der Waals surface area contributed by atoms with Gasteiger partial charge in [-0.3, -0.25) is 0 Å². The summed E-state index contributed by atoms with van der Waals surface area (Å²) < 4.78 is 0. The highest BCUT2D eigenvalue weighted by atomic mass is 16.2. The minimum absolute atomic E-state index is 0.298. The van der Waals surface area contributed by atoms with Gasteiger partial charge in [0.05, 0.1) is 0 Å². The van der Waals surface area contributed by atoms with Crippen LogP contribution in [-0.2, 0) is 6.54 Å². The third kappa shape index (κ3) is 5.42. The lowest BCUT2D eigenvalue weighted by Gasteiger charge is -2.28. The van der Waals surface area contributed by atoms with E-state index < -0.39 is 0 Å². The van der Waals surface area contributed by atoms with Gasteiger partial charge in [-0.1, -0.05) is 24.3 Å². The molecule has 0 unspecified atom stereocenters. The summed E-state index contributed by atoms with van der Waals surface area (Å²) >= 11 is 0. The van der Waals surface area contributed by atoms with E-state index in [1.54, 1.807) is 0 Å². The number of benzene rings is 1. The molecular weight excluding hydrogens is 260 g/mol. The van der Waals surface area contributed by atoms with Crippen LogP contribution in [0.4, 0.5) is 0 Å². The van der Waals surface area contributed by atoms with Crippen LogP contribution in [0.3, 0.4) is 0 Å². The van der Waals surface area contributed by atoms with Gasteiger partial charge in [0, 0.05) is 19.2 Å². The molecule has 118 valence electrons. The lowest BCUT2D eigenvalue weighted by molar-refractivity contribution is 0.283. The number of unbranched alkanes of at least 4 members (excludes halogenated alkanes) is 1. The SMILES string of the molecule is CNC1CCC(c2ccc(CNCCCCO)cc2)CC1. The van der Waals surface area contributed by atoms with Crippen LogP contribution in [-0.4, -0.2) is 31.3 Å². The maximum absolute atomic E-state index is 8.74. The van der Waals surface area contributed by atoms with E-state index in [-0.39, 0.29) is 0 Å². The molecule has 0 atom stereocenters. The molecule has 0 saturated heterocycles. The van der Waals surface area contributed by atoms with Gasteiger partial charge in [0.15, 0.2) is 0 Å². The van der Waals surface area contributed by atoms with E-state index in [9.17, 15) is 0 Å². The summed E-state index contributed by atoms with van der Waals surface area (Å²) in [4.78, 5) is 0. The van der Waals surface area contributed by atoms with Crippen molar-refractivity contribution >= 4 is 0 Å². The van der Waals surface area contributed by atoms with Gasteiger partial charge in [-0.2, -0.15) is 0 Å². The zero-order chi connectivity index (χ0) is 14.9. The molecule has 3 heteroatoms. The molecule has 1 aliphatic rings. The van der Waals surface area contributed by atoms with E-state index >= 15 is 0 Å². The molecule has 2 rings (SSSR count). The van der Waals surface area contributed by atoms with Crippen molar-refractivity contribution in [1.29, 1.82) is 0 Å². The average Bonchev–Trinajstić information content (AvgIpc) is 2.55. The fourth-order valence-corrected chi connectivity index (χ4v) is 3.22. The number of aliphatic hydroxyl groups is 1. The minimum atomic E-state index is 0.298. The zero-order valence-electron chi connectivity index (χ0n) is 13.3. The van der Waals surface area contributed by atoms with E-state index in [1.165, 1.54) is 36.8 Å². The molecule has 1 fully saturated rings. The Hall–Kier alpha value is -0.900. The van der Waals surface area contributed by atoms with Gasteiger partial charge < -0.3 is 15.7 Å². The lowest BCUT2D eigenvalue weighted by atomic mass is 9.81. The van der Waals surface area contributed by atoms with Crippen molar-refractivity contribution in [2.75, 3.05) is 20.2 Å². The van der Waals surface area contributed by atoms with Crippen molar-refractivity contribution < 1.29 is 5.11 Å². The maximum atomic E-state index is 8.74. The van der Waals surface area contributed by atoms with Gasteiger partial charge >= 0.3 is 0 Å². The Balaban J connectivity index is 1.74. The fourth-order valence-electron chi connectivity index (χ4n) is 3.22. The smallest absolute Gasteiger partial charge is 0.0431 e. The second kappa shape index (κ2) is 9.19. The second-order valence-electron chi connectivity index (χ2n) is 6.19. The van der Waals surface area contributed by atoms with Crippen LogP contribution in [0.5, 0.6) is 0 Å². The minimum Gasteiger partial charge on any atom is -0.396 e. The molecule has 0 aliphatic heterocycles. The summed E-state index contributed by atoms with van der Waals surface area (Å²) in [7, 11) is 2.08. The van der Waals surface area contributed by atoms with Gasteiger partial charge in [-0.05, 0) is 69.2 Å². The topological polar surface area (TPSA) is 44.3 Å². The van der Waals surface area contributed by atoms with E-state index in [2.05, 4.69) is 41.9 Å². The van der Waals surface area contributed by atoms with Crippen LogP contribution in [0.2, 0.25) is 0 Å². The molecule has 21 heavy (non-hydrogen) atoms. The monoisotopic (exact) mass is 290 g/mol. The summed E-state index contributed by atoms with van der Waals surface area (Å²) in [6, 6.07) is 9.88. The van der Waals surface area contributed by atoms with E-state index in [0.29, 0.717) is 6.61 Å². The molecule has 1 aliphatic carbocycles. The summed E-state index contributed by atoms with van der Waals surface area (Å²) in [5.74, 6) is 0.751. The average molecular weight is 290 g/mol. The second-order valence-corrected chi connectivity index (χ2v) is 6.19. The predicted octanol–water partition coefficient (Wildman–Crippen LogP) is 2.79. The van der Waals surface area contributed by atoms with Gasteiger partial charge in [0.1, 0.15) is 0 Å². The van der Waals surface area contributed by atoms with Crippen molar-refractivity contribution in [3.63, 3.8) is 0 Å². The van der Waals surface area contributed by atoms with Crippen molar-refractivity contribution in [3.8, 4) is 0 Å². The van der Waals surface area contributed by atoms with Gasteiger partial charge in [-0.25, -0.2) is 0 Å². The Morgan fingerprint density at radius 3 is 2.38 bits per heavy atom. The lowest BCUT2D eigenvalue weighted by Crippen LogP contribution is -2.29. The standard InChI is InChI=1S/C18H30N2O/c1-19-18-10-8-17(9-11-18)16-6-4-15(5-7-16)14-20-12-2-3-13-21/h4-7,17-21H,2-3,8-14H2,1H3. The first-order chi connectivity index (χ1) is 10.3. The number of rotatable bonds is 8. The normalized spacial score (nSPS) is 22.4. The zero-order valence-corrected chi connectivity index (χ0v) is 13.3. The summed E-state index contributed by atoms with van der Waals surface area (Å²) in [6.45, 7) is 2.21. The Morgan fingerprint density at radius 1 is 1.05 bits per heavy atom. The van der Waals surface area contributed by atoms with Gasteiger partial charge in [0.2, 0.25) is 0 Å². The highest BCUT2D eigenvalue weighted by Crippen LogP contribution is 2.32. The third-order valence-corrected chi connectivity index (χ3v) is 4.68. The Labute approximate surface area is 129 Å². The van der Waals surface area contributed by atoms with E-state index in [0.717, 1.165) is 37.9 Å². The molecule has 1 aromatic rings. The van der Waals surface area contributed by atoms with Gasteiger partial charge in [-0.15, -0.1) is 0 Å². The van der Waals surface area contributed by atoms with Crippen LogP contribution >= 0.6 is 0 Å². The number of hydrogen-bond donors (Lipinski definition) is 3. The van der Waals surface area contributed by atoms with Crippen LogP contribution < -0.4 is 10.6 Å². The molecule has 3 N–H and O–H groups in total. The molecular formula is C18H30N2O. The Morgan fingerprint density at radius 2 is 1.76 bits per heavy atom. The number of nitrogens with one attached hydrogen (secondary N) is 2. The van der Waals surface area contributed by atoms with Crippen LogP contribution in [0.25, 0.3) is 0 Å². The molecule has 3 nitrogen and oxygen atoms in total. The first kappa shape index (κ1) is 16.5. The van der Waals surface area contributed by atoms with E-state index in [1.807, 2.05) is 0 Å². The summed E-state index contributed by atoms with van der Waals surface area (Å²) in [5, 5.41) is 15.6. The van der Waals surface area contributed by atoms with Crippen molar-refractivity contribution in [2.24, 2.45) is 0 Å². The Bertz CT molecular complexity index is 383. The van der Waals surface area contributed by atoms with Crippen LogP contribution in [0, 0.1) is 0 Å². The maximum Gasteiger partial charge on any atom is 0.0431 e. The summed E-state index contributed by atoms with van der Waals surface area (Å²) in [5.41, 5.74) is 2.86. The number of hydrogen-bond acceptors (Lipinski definition) is 3. The van der Waals surface area contributed by atoms with Crippen LogP contribution in [0.15, 0.2) is 24.3 Å². The van der Waals surface area contributed by atoms with Crippen molar-refractivity contribution in [1.82, 2.24) is 10.6 Å². The van der Waals surface area contributed by atoms with Crippen LogP contribution in [0.1, 0.15) is 55.6 Å². The molecule has 0 spiro atoms. The Kier molecular flexibility index (Phi) is 7.20. The predicted molar refractivity (Wildman–Crippen MR) is 88.5 cm³/mol. The van der Waals surface area contributed by atoms with Crippen molar-refractivity contribution in [3.05, 3.63) is 35.4 Å². The summed E-state index contributed by atoms with van der Waals surface area (Å²) in [6.07, 6.45) is 7.16. The largest absolute Gasteiger partial charge is 0.396 e. The highest BCUT2D eigenvalue weighted by molar-refractivity contribution is 5.25.